The Morgan fingerprint density at radius 2 is 2.36 bits per heavy atom. The van der Waals surface area contributed by atoms with Gasteiger partial charge in [0.25, 0.3) is 0 Å². The Balaban J connectivity index is 1.99. The lowest BCUT2D eigenvalue weighted by molar-refractivity contribution is 0.621. The fraction of sp³-hybridized carbons (Fsp3) is 0.727. The molecule has 0 radical (unpaired) electrons. The minimum absolute atomic E-state index is 0.461. The van der Waals surface area contributed by atoms with E-state index in [9.17, 15) is 0 Å². The van der Waals surface area contributed by atoms with Crippen molar-refractivity contribution < 1.29 is 0 Å². The van der Waals surface area contributed by atoms with E-state index in [4.69, 9.17) is 0 Å². The van der Waals surface area contributed by atoms with Gasteiger partial charge in [-0.25, -0.2) is 4.98 Å². The lowest BCUT2D eigenvalue weighted by atomic mass is 10.2. The monoisotopic (exact) mass is 193 g/mol. The van der Waals surface area contributed by atoms with Crippen LogP contribution in [0.15, 0.2) is 12.4 Å². The Kier molecular flexibility index (Phi) is 2.25. The van der Waals surface area contributed by atoms with Gasteiger partial charge in [0.15, 0.2) is 0 Å². The number of hydrogen-bond acceptors (Lipinski definition) is 2. The van der Waals surface area contributed by atoms with Crippen LogP contribution in [-0.2, 0) is 6.54 Å². The molecule has 1 aliphatic rings. The standard InChI is InChI=1S/C11H19N3/c1-4-6-14-7-5-12-10(14)13-9-8-11(9,2)3/h5,7,9H,4,6,8H2,1-3H3,(H,12,13). The van der Waals surface area contributed by atoms with E-state index >= 15 is 0 Å². The van der Waals surface area contributed by atoms with Crippen LogP contribution >= 0.6 is 0 Å². The van der Waals surface area contributed by atoms with E-state index in [0.717, 1.165) is 18.9 Å². The first kappa shape index (κ1) is 9.56. The summed E-state index contributed by atoms with van der Waals surface area (Å²) in [5.74, 6) is 1.03. The second-order valence-electron chi connectivity index (χ2n) is 4.83. The van der Waals surface area contributed by atoms with Gasteiger partial charge in [-0.3, -0.25) is 0 Å². The van der Waals surface area contributed by atoms with Crippen LogP contribution in [0.25, 0.3) is 0 Å². The summed E-state index contributed by atoms with van der Waals surface area (Å²) in [6, 6.07) is 0.612. The molecule has 78 valence electrons. The average molecular weight is 193 g/mol. The number of aromatic nitrogens is 2. The van der Waals surface area contributed by atoms with Gasteiger partial charge in [-0.05, 0) is 18.3 Å². The van der Waals surface area contributed by atoms with E-state index in [1.165, 1.54) is 6.42 Å². The molecule has 0 amide bonds. The third-order valence-electron chi connectivity index (χ3n) is 3.00. The molecule has 14 heavy (non-hydrogen) atoms. The fourth-order valence-corrected chi connectivity index (χ4v) is 1.74. The van der Waals surface area contributed by atoms with Crippen LogP contribution in [0.4, 0.5) is 5.95 Å². The average Bonchev–Trinajstić information content (AvgIpc) is 2.55. The lowest BCUT2D eigenvalue weighted by Crippen LogP contribution is -2.13. The molecule has 1 heterocycles. The van der Waals surface area contributed by atoms with Crippen molar-refractivity contribution in [2.75, 3.05) is 5.32 Å². The molecule has 3 nitrogen and oxygen atoms in total. The molecule has 0 bridgehead atoms. The highest BCUT2D eigenvalue weighted by Gasteiger charge is 2.46. The summed E-state index contributed by atoms with van der Waals surface area (Å²) >= 11 is 0. The first-order chi connectivity index (χ1) is 6.63. The van der Waals surface area contributed by atoms with Crippen LogP contribution in [0.2, 0.25) is 0 Å². The van der Waals surface area contributed by atoms with Crippen LogP contribution in [0.3, 0.4) is 0 Å². The molecule has 0 spiro atoms. The van der Waals surface area contributed by atoms with Crippen LogP contribution in [0, 0.1) is 5.41 Å². The van der Waals surface area contributed by atoms with Gasteiger partial charge in [-0.1, -0.05) is 20.8 Å². The number of rotatable bonds is 4. The molecule has 1 aromatic heterocycles. The van der Waals surface area contributed by atoms with E-state index < -0.39 is 0 Å². The van der Waals surface area contributed by atoms with E-state index in [1.54, 1.807) is 0 Å². The van der Waals surface area contributed by atoms with Crippen molar-refractivity contribution in [2.45, 2.75) is 46.2 Å². The molecule has 1 aromatic rings. The SMILES string of the molecule is CCCn1ccnc1NC1CC1(C)C. The van der Waals surface area contributed by atoms with Crippen molar-refractivity contribution in [3.8, 4) is 0 Å². The van der Waals surface area contributed by atoms with E-state index in [2.05, 4.69) is 35.6 Å². The highest BCUT2D eigenvalue weighted by atomic mass is 15.2. The van der Waals surface area contributed by atoms with Crippen LogP contribution in [0.5, 0.6) is 0 Å². The number of nitrogens with zero attached hydrogens (tertiary/aromatic N) is 2. The highest BCUT2D eigenvalue weighted by Crippen LogP contribution is 2.46. The summed E-state index contributed by atoms with van der Waals surface area (Å²) in [7, 11) is 0. The first-order valence-electron chi connectivity index (χ1n) is 5.41. The van der Waals surface area contributed by atoms with E-state index in [1.807, 2.05) is 12.4 Å². The maximum Gasteiger partial charge on any atom is 0.203 e. The maximum atomic E-state index is 4.33. The predicted molar refractivity (Wildman–Crippen MR) is 58.3 cm³/mol. The van der Waals surface area contributed by atoms with Crippen molar-refractivity contribution in [1.29, 1.82) is 0 Å². The van der Waals surface area contributed by atoms with Crippen molar-refractivity contribution >= 4 is 5.95 Å². The van der Waals surface area contributed by atoms with Gasteiger partial charge in [0.05, 0.1) is 0 Å². The number of imidazole rings is 1. The normalized spacial score (nSPS) is 23.5. The second-order valence-corrected chi connectivity index (χ2v) is 4.83. The Morgan fingerprint density at radius 3 is 2.93 bits per heavy atom. The summed E-state index contributed by atoms with van der Waals surface area (Å²) in [5.41, 5.74) is 0.461. The molecular formula is C11H19N3. The van der Waals surface area contributed by atoms with Gasteiger partial charge in [0, 0.05) is 25.0 Å². The zero-order valence-electron chi connectivity index (χ0n) is 9.25. The minimum Gasteiger partial charge on any atom is -0.352 e. The smallest absolute Gasteiger partial charge is 0.203 e. The molecule has 1 aliphatic carbocycles. The highest BCUT2D eigenvalue weighted by molar-refractivity contribution is 5.32. The molecule has 0 aliphatic heterocycles. The summed E-state index contributed by atoms with van der Waals surface area (Å²) in [6.07, 6.45) is 6.32. The van der Waals surface area contributed by atoms with Gasteiger partial charge in [0.2, 0.25) is 5.95 Å². The van der Waals surface area contributed by atoms with Crippen molar-refractivity contribution in [1.82, 2.24) is 9.55 Å². The van der Waals surface area contributed by atoms with Gasteiger partial charge in [0.1, 0.15) is 0 Å². The zero-order chi connectivity index (χ0) is 10.2. The second kappa shape index (κ2) is 3.30. The molecular weight excluding hydrogens is 174 g/mol. The topological polar surface area (TPSA) is 29.9 Å². The number of anilines is 1. The van der Waals surface area contributed by atoms with Crippen molar-refractivity contribution in [2.24, 2.45) is 5.41 Å². The van der Waals surface area contributed by atoms with Crippen LogP contribution in [-0.4, -0.2) is 15.6 Å². The van der Waals surface area contributed by atoms with E-state index in [-0.39, 0.29) is 0 Å². The Bertz CT molecular complexity index is 314. The molecule has 3 heteroatoms. The largest absolute Gasteiger partial charge is 0.352 e. The summed E-state index contributed by atoms with van der Waals surface area (Å²) in [4.78, 5) is 4.33. The number of aryl methyl sites for hydroxylation is 1. The summed E-state index contributed by atoms with van der Waals surface area (Å²) in [5, 5.41) is 3.49. The van der Waals surface area contributed by atoms with Crippen molar-refractivity contribution in [3.63, 3.8) is 0 Å². The minimum atomic E-state index is 0.461. The third kappa shape index (κ3) is 1.76. The Morgan fingerprint density at radius 1 is 1.64 bits per heavy atom. The summed E-state index contributed by atoms with van der Waals surface area (Å²) in [6.45, 7) is 7.82. The molecule has 1 fully saturated rings. The summed E-state index contributed by atoms with van der Waals surface area (Å²) < 4.78 is 2.19. The molecule has 2 rings (SSSR count). The zero-order valence-corrected chi connectivity index (χ0v) is 9.25. The van der Waals surface area contributed by atoms with Crippen LogP contribution < -0.4 is 5.32 Å². The van der Waals surface area contributed by atoms with E-state index in [0.29, 0.717) is 11.5 Å². The molecule has 1 unspecified atom stereocenters. The molecule has 1 N–H and O–H groups in total. The van der Waals surface area contributed by atoms with Gasteiger partial charge in [-0.2, -0.15) is 0 Å². The molecule has 0 saturated heterocycles. The van der Waals surface area contributed by atoms with Crippen molar-refractivity contribution in [3.05, 3.63) is 12.4 Å². The maximum absolute atomic E-state index is 4.33. The fourth-order valence-electron chi connectivity index (χ4n) is 1.74. The lowest BCUT2D eigenvalue weighted by Gasteiger charge is -2.09. The molecule has 1 atom stereocenters. The van der Waals surface area contributed by atoms with Crippen LogP contribution in [0.1, 0.15) is 33.6 Å². The van der Waals surface area contributed by atoms with Gasteiger partial charge in [-0.15, -0.1) is 0 Å². The molecule has 0 aromatic carbocycles. The third-order valence-corrected chi connectivity index (χ3v) is 3.00. The number of nitrogens with one attached hydrogen (secondary N) is 1. The Hall–Kier alpha value is -0.990. The Labute approximate surface area is 85.5 Å². The van der Waals surface area contributed by atoms with Gasteiger partial charge < -0.3 is 9.88 Å². The first-order valence-corrected chi connectivity index (χ1v) is 5.41. The van der Waals surface area contributed by atoms with Gasteiger partial charge >= 0.3 is 0 Å². The molecule has 1 saturated carbocycles. The quantitative estimate of drug-likeness (QED) is 0.796. The number of hydrogen-bond donors (Lipinski definition) is 1. The predicted octanol–water partition coefficient (Wildman–Crippen LogP) is 2.50.